The largest absolute Gasteiger partial charge is 0.344 e. The summed E-state index contributed by atoms with van der Waals surface area (Å²) in [5.74, 6) is 0. The van der Waals surface area contributed by atoms with E-state index in [-0.39, 0.29) is 10.6 Å². The molecule has 2 aromatic carbocycles. The molecule has 0 unspecified atom stereocenters. The van der Waals surface area contributed by atoms with E-state index in [0.717, 1.165) is 21.8 Å². The third kappa shape index (κ3) is 2.68. The quantitative estimate of drug-likeness (QED) is 0.644. The summed E-state index contributed by atoms with van der Waals surface area (Å²) in [4.78, 5) is 12.5. The predicted molar refractivity (Wildman–Crippen MR) is 87.7 cm³/mol. The van der Waals surface area contributed by atoms with Crippen molar-refractivity contribution in [1.82, 2.24) is 0 Å². The molecule has 0 atom stereocenters. The highest BCUT2D eigenvalue weighted by Gasteiger charge is 2.10. The molecule has 0 fully saturated rings. The molecular formula is C18H14N2O2. The van der Waals surface area contributed by atoms with E-state index >= 15 is 0 Å². The smallest absolute Gasteiger partial charge is 0.271 e. The number of rotatable bonds is 3. The maximum Gasteiger partial charge on any atom is 0.271 e. The molecule has 0 aliphatic heterocycles. The number of benzene rings is 2. The van der Waals surface area contributed by atoms with Crippen LogP contribution >= 0.6 is 0 Å². The standard InChI is InChI=1S/C18H14N2O2/c1-19(17-10-5-11-18(13-17)20(21)22)16-9-4-8-14-6-2-3-7-15(14)12-16/h2-7,9-13H,1H3. The maximum absolute atomic E-state index is 10.9. The van der Waals surface area contributed by atoms with E-state index in [4.69, 9.17) is 0 Å². The first-order valence-corrected chi connectivity index (χ1v) is 6.87. The van der Waals surface area contributed by atoms with Gasteiger partial charge in [-0.05, 0) is 35.6 Å². The fourth-order valence-corrected chi connectivity index (χ4v) is 2.35. The molecule has 0 saturated heterocycles. The van der Waals surface area contributed by atoms with Gasteiger partial charge in [0.25, 0.3) is 5.69 Å². The fraction of sp³-hybridized carbons (Fsp3) is 0.0556. The number of fused-ring (bicyclic) bond motifs is 1. The Morgan fingerprint density at radius 1 is 1.14 bits per heavy atom. The third-order valence-corrected chi connectivity index (χ3v) is 3.57. The Morgan fingerprint density at radius 2 is 1.95 bits per heavy atom. The van der Waals surface area contributed by atoms with Crippen LogP contribution in [0.3, 0.4) is 0 Å². The number of hydrogen-bond acceptors (Lipinski definition) is 3. The SMILES string of the molecule is CN(C1=CC=C=c2ccccc2=C1)c1cccc([N+](=O)[O-])c1. The number of anilines is 1. The molecule has 108 valence electrons. The van der Waals surface area contributed by atoms with Crippen LogP contribution < -0.4 is 15.3 Å². The van der Waals surface area contributed by atoms with E-state index in [2.05, 4.69) is 5.73 Å². The molecule has 1 aliphatic carbocycles. The fourth-order valence-electron chi connectivity index (χ4n) is 2.35. The van der Waals surface area contributed by atoms with Crippen molar-refractivity contribution in [2.45, 2.75) is 0 Å². The van der Waals surface area contributed by atoms with E-state index in [1.807, 2.05) is 60.5 Å². The second-order valence-corrected chi connectivity index (χ2v) is 4.97. The molecule has 4 heteroatoms. The zero-order valence-corrected chi connectivity index (χ0v) is 12.1. The highest BCUT2D eigenvalue weighted by molar-refractivity contribution is 5.66. The molecule has 0 aromatic heterocycles. The molecule has 0 saturated carbocycles. The lowest BCUT2D eigenvalue weighted by Crippen LogP contribution is -2.24. The minimum absolute atomic E-state index is 0.0843. The molecule has 0 spiro atoms. The van der Waals surface area contributed by atoms with Gasteiger partial charge in [-0.25, -0.2) is 0 Å². The van der Waals surface area contributed by atoms with Crippen LogP contribution in [0.25, 0.3) is 11.8 Å². The van der Waals surface area contributed by atoms with Gasteiger partial charge < -0.3 is 4.90 Å². The van der Waals surface area contributed by atoms with E-state index in [1.54, 1.807) is 12.1 Å². The van der Waals surface area contributed by atoms with Crippen LogP contribution in [0.2, 0.25) is 0 Å². The maximum atomic E-state index is 10.9. The van der Waals surface area contributed by atoms with Gasteiger partial charge in [0, 0.05) is 35.8 Å². The van der Waals surface area contributed by atoms with Crippen LogP contribution in [0.1, 0.15) is 0 Å². The van der Waals surface area contributed by atoms with E-state index in [0.29, 0.717) is 0 Å². The van der Waals surface area contributed by atoms with Crippen molar-refractivity contribution in [2.75, 3.05) is 11.9 Å². The molecule has 3 rings (SSSR count). The van der Waals surface area contributed by atoms with Crippen molar-refractivity contribution in [3.8, 4) is 0 Å². The average molecular weight is 290 g/mol. The van der Waals surface area contributed by atoms with Crippen LogP contribution in [0, 0.1) is 10.1 Å². The zero-order valence-electron chi connectivity index (χ0n) is 12.1. The van der Waals surface area contributed by atoms with Crippen molar-refractivity contribution in [1.29, 1.82) is 0 Å². The molecule has 22 heavy (non-hydrogen) atoms. The summed E-state index contributed by atoms with van der Waals surface area (Å²) in [5, 5.41) is 13.0. The lowest BCUT2D eigenvalue weighted by molar-refractivity contribution is -0.384. The van der Waals surface area contributed by atoms with Crippen molar-refractivity contribution in [2.24, 2.45) is 0 Å². The minimum atomic E-state index is -0.383. The van der Waals surface area contributed by atoms with Crippen LogP contribution in [-0.4, -0.2) is 12.0 Å². The first-order chi connectivity index (χ1) is 10.6. The van der Waals surface area contributed by atoms with E-state index in [1.165, 1.54) is 6.07 Å². The monoisotopic (exact) mass is 290 g/mol. The Labute approximate surface area is 127 Å². The van der Waals surface area contributed by atoms with Gasteiger partial charge in [-0.15, -0.1) is 5.73 Å². The summed E-state index contributed by atoms with van der Waals surface area (Å²) in [5.41, 5.74) is 5.02. The molecule has 0 amide bonds. The summed E-state index contributed by atoms with van der Waals surface area (Å²) in [6.07, 6.45) is 5.86. The van der Waals surface area contributed by atoms with Crippen LogP contribution in [0.5, 0.6) is 0 Å². The van der Waals surface area contributed by atoms with Crippen LogP contribution in [-0.2, 0) is 0 Å². The normalized spacial score (nSPS) is 12.3. The molecule has 2 aromatic rings. The zero-order chi connectivity index (χ0) is 15.5. The Kier molecular flexibility index (Phi) is 3.60. The lowest BCUT2D eigenvalue weighted by atomic mass is 10.2. The van der Waals surface area contributed by atoms with Crippen molar-refractivity contribution in [3.05, 3.63) is 86.9 Å². The summed E-state index contributed by atoms with van der Waals surface area (Å²) in [6, 6.07) is 14.6. The number of hydrogen-bond donors (Lipinski definition) is 0. The summed E-state index contributed by atoms with van der Waals surface area (Å²) in [6.45, 7) is 0. The molecule has 1 aliphatic rings. The van der Waals surface area contributed by atoms with Crippen LogP contribution in [0.4, 0.5) is 11.4 Å². The highest BCUT2D eigenvalue weighted by atomic mass is 16.6. The number of non-ortho nitro benzene ring substituents is 1. The molecule has 0 bridgehead atoms. The molecule has 4 nitrogen and oxygen atoms in total. The predicted octanol–water partition coefficient (Wildman–Crippen LogP) is 2.34. The summed E-state index contributed by atoms with van der Waals surface area (Å²) < 4.78 is 0. The number of allylic oxidation sites excluding steroid dienone is 3. The van der Waals surface area contributed by atoms with Gasteiger partial charge in [0.1, 0.15) is 0 Å². The van der Waals surface area contributed by atoms with Crippen LogP contribution in [0.15, 0.2) is 66.4 Å². The Bertz CT molecular complexity index is 922. The van der Waals surface area contributed by atoms with Gasteiger partial charge in [-0.2, -0.15) is 0 Å². The van der Waals surface area contributed by atoms with Gasteiger partial charge in [0.2, 0.25) is 0 Å². The van der Waals surface area contributed by atoms with Crippen molar-refractivity contribution >= 4 is 23.2 Å². The lowest BCUT2D eigenvalue weighted by Gasteiger charge is -2.20. The van der Waals surface area contributed by atoms with Gasteiger partial charge >= 0.3 is 0 Å². The molecule has 0 N–H and O–H groups in total. The summed E-state index contributed by atoms with van der Waals surface area (Å²) in [7, 11) is 1.89. The molecule has 0 heterocycles. The van der Waals surface area contributed by atoms with E-state index < -0.39 is 0 Å². The van der Waals surface area contributed by atoms with Gasteiger partial charge in [-0.1, -0.05) is 24.3 Å². The Hall–Kier alpha value is -3.10. The highest BCUT2D eigenvalue weighted by Crippen LogP contribution is 2.23. The van der Waals surface area contributed by atoms with Gasteiger partial charge in [0.05, 0.1) is 4.92 Å². The van der Waals surface area contributed by atoms with E-state index in [9.17, 15) is 10.1 Å². The van der Waals surface area contributed by atoms with Gasteiger partial charge in [-0.3, -0.25) is 10.1 Å². The Balaban J connectivity index is 2.03. The second-order valence-electron chi connectivity index (χ2n) is 4.97. The van der Waals surface area contributed by atoms with Crippen molar-refractivity contribution in [3.63, 3.8) is 0 Å². The second kappa shape index (κ2) is 5.72. The minimum Gasteiger partial charge on any atom is -0.344 e. The van der Waals surface area contributed by atoms with Gasteiger partial charge in [0.15, 0.2) is 0 Å². The number of nitrogens with zero attached hydrogens (tertiary/aromatic N) is 2. The number of nitro benzene ring substituents is 1. The number of nitro groups is 1. The van der Waals surface area contributed by atoms with Crippen molar-refractivity contribution < 1.29 is 4.92 Å². The summed E-state index contributed by atoms with van der Waals surface area (Å²) >= 11 is 0. The first kappa shape index (κ1) is 13.9. The third-order valence-electron chi connectivity index (χ3n) is 3.57. The topological polar surface area (TPSA) is 46.4 Å². The molecule has 0 radical (unpaired) electrons. The average Bonchev–Trinajstić information content (AvgIpc) is 2.76. The first-order valence-electron chi connectivity index (χ1n) is 6.87. The Morgan fingerprint density at radius 3 is 2.77 bits per heavy atom. The molecular weight excluding hydrogens is 276 g/mol.